The van der Waals surface area contributed by atoms with Gasteiger partial charge in [-0.1, -0.05) is 24.3 Å². The molecule has 54 valence electrons. The minimum Gasteiger partial charge on any atom is -0.376 e. The van der Waals surface area contributed by atoms with Crippen molar-refractivity contribution in [3.63, 3.8) is 0 Å². The van der Waals surface area contributed by atoms with Gasteiger partial charge in [0.15, 0.2) is 5.11 Å². The van der Waals surface area contributed by atoms with Crippen LogP contribution < -0.4 is 5.73 Å². The van der Waals surface area contributed by atoms with Gasteiger partial charge in [-0.05, 0) is 21.6 Å². The quantitative estimate of drug-likeness (QED) is 0.469. The average Bonchev–Trinajstić information content (AvgIpc) is 2.36. The van der Waals surface area contributed by atoms with Crippen molar-refractivity contribution in [2.24, 2.45) is 5.73 Å². The van der Waals surface area contributed by atoms with E-state index in [0.717, 1.165) is 0 Å². The highest BCUT2D eigenvalue weighted by Crippen LogP contribution is 2.12. The Bertz CT molecular complexity index is 188. The van der Waals surface area contributed by atoms with Gasteiger partial charge in [0.25, 0.3) is 0 Å². The summed E-state index contributed by atoms with van der Waals surface area (Å²) in [6, 6.07) is 0.225. The summed E-state index contributed by atoms with van der Waals surface area (Å²) in [5, 5.41) is 0.395. The van der Waals surface area contributed by atoms with Crippen molar-refractivity contribution in [3.05, 3.63) is 24.3 Å². The Hall–Kier alpha value is -0.400. The molecule has 0 aromatic heterocycles. The lowest BCUT2D eigenvalue weighted by Gasteiger charge is -2.20. The zero-order chi connectivity index (χ0) is 7.56. The van der Waals surface area contributed by atoms with E-state index in [1.165, 1.54) is 0 Å². The Morgan fingerprint density at radius 2 is 2.00 bits per heavy atom. The molecule has 2 N–H and O–H groups in total. The number of hydrogen-bond acceptors (Lipinski definition) is 1. The van der Waals surface area contributed by atoms with Gasteiger partial charge in [0.05, 0.1) is 6.04 Å². The maximum atomic E-state index is 5.38. The first-order chi connectivity index (χ1) is 4.72. The fraction of sp³-hybridized carbons (Fsp3) is 0.167. The first kappa shape index (κ1) is 7.70. The number of thiocarbonyl (C=S) groups is 1. The van der Waals surface area contributed by atoms with E-state index in [1.54, 1.807) is 4.67 Å². The van der Waals surface area contributed by atoms with E-state index in [9.17, 15) is 0 Å². The first-order valence-corrected chi connectivity index (χ1v) is 3.82. The summed E-state index contributed by atoms with van der Waals surface area (Å²) in [7, 11) is 2.48. The predicted octanol–water partition coefficient (Wildman–Crippen LogP) is 0.817. The highest BCUT2D eigenvalue weighted by atomic mass is 32.1. The van der Waals surface area contributed by atoms with Crippen LogP contribution in [0.1, 0.15) is 0 Å². The Balaban J connectivity index is 2.57. The van der Waals surface area contributed by atoms with Crippen molar-refractivity contribution in [2.75, 3.05) is 0 Å². The maximum absolute atomic E-state index is 5.38. The summed E-state index contributed by atoms with van der Waals surface area (Å²) in [4.78, 5) is 0. The van der Waals surface area contributed by atoms with Gasteiger partial charge in [-0.15, -0.1) is 0 Å². The van der Waals surface area contributed by atoms with Crippen LogP contribution in [-0.4, -0.2) is 15.8 Å². The topological polar surface area (TPSA) is 29.3 Å². The van der Waals surface area contributed by atoms with Gasteiger partial charge >= 0.3 is 0 Å². The minimum absolute atomic E-state index is 0.225. The van der Waals surface area contributed by atoms with Crippen molar-refractivity contribution in [1.82, 2.24) is 4.67 Å². The summed E-state index contributed by atoms with van der Waals surface area (Å²) in [6.45, 7) is 0. The van der Waals surface area contributed by atoms with E-state index in [-0.39, 0.29) is 6.04 Å². The monoisotopic (exact) mass is 172 g/mol. The maximum Gasteiger partial charge on any atom is 0.169 e. The van der Waals surface area contributed by atoms with Crippen LogP contribution in [-0.2, 0) is 0 Å². The molecule has 1 aliphatic rings. The van der Waals surface area contributed by atoms with Crippen LogP contribution in [0.4, 0.5) is 0 Å². The van der Waals surface area contributed by atoms with Crippen molar-refractivity contribution in [3.8, 4) is 0 Å². The van der Waals surface area contributed by atoms with E-state index < -0.39 is 0 Å². The Labute approximate surface area is 68.0 Å². The molecular weight excluding hydrogens is 163 g/mol. The van der Waals surface area contributed by atoms with Crippen molar-refractivity contribution < 1.29 is 0 Å². The normalized spacial score (nSPS) is 16.1. The van der Waals surface area contributed by atoms with Crippen LogP contribution in [0.15, 0.2) is 24.3 Å². The molecule has 2 nitrogen and oxygen atoms in total. The second-order valence-electron chi connectivity index (χ2n) is 2.01. The smallest absolute Gasteiger partial charge is 0.169 e. The van der Waals surface area contributed by atoms with Crippen LogP contribution in [0.5, 0.6) is 0 Å². The van der Waals surface area contributed by atoms with E-state index in [0.29, 0.717) is 5.11 Å². The van der Waals surface area contributed by atoms with Crippen LogP contribution in [0.25, 0.3) is 0 Å². The molecule has 0 saturated heterocycles. The van der Waals surface area contributed by atoms with Gasteiger partial charge in [-0.3, -0.25) is 0 Å². The highest BCUT2D eigenvalue weighted by Gasteiger charge is 2.10. The molecule has 4 heteroatoms. The van der Waals surface area contributed by atoms with Crippen molar-refractivity contribution >= 4 is 26.7 Å². The lowest BCUT2D eigenvalue weighted by Crippen LogP contribution is -2.32. The standard InChI is InChI=1S/C6H9N2PS/c7-6(10)8(9)5-3-1-2-4-5/h1-5H,9H2,(H2,7,10). The summed E-state index contributed by atoms with van der Waals surface area (Å²) in [5.74, 6) is 0. The molecule has 0 aromatic rings. The average molecular weight is 172 g/mol. The lowest BCUT2D eigenvalue weighted by molar-refractivity contribution is 0.659. The molecule has 0 heterocycles. The van der Waals surface area contributed by atoms with E-state index in [4.69, 9.17) is 18.0 Å². The SMILES string of the molecule is NC(=S)N(P)C1C=CC=C1. The molecule has 1 aliphatic carbocycles. The van der Waals surface area contributed by atoms with Crippen LogP contribution in [0.3, 0.4) is 0 Å². The lowest BCUT2D eigenvalue weighted by atomic mass is 10.3. The number of nitrogens with zero attached hydrogens (tertiary/aromatic N) is 1. The molecule has 0 saturated carbocycles. The number of rotatable bonds is 1. The third-order valence-corrected chi connectivity index (χ3v) is 2.32. The van der Waals surface area contributed by atoms with Gasteiger partial charge in [-0.25, -0.2) is 0 Å². The van der Waals surface area contributed by atoms with Crippen LogP contribution in [0.2, 0.25) is 0 Å². The second kappa shape index (κ2) is 3.13. The van der Waals surface area contributed by atoms with Gasteiger partial charge in [0.2, 0.25) is 0 Å². The fourth-order valence-electron chi connectivity index (χ4n) is 0.753. The molecule has 0 bridgehead atoms. The summed E-state index contributed by atoms with van der Waals surface area (Å²) >= 11 is 4.77. The third kappa shape index (κ3) is 1.55. The second-order valence-corrected chi connectivity index (χ2v) is 2.98. The molecule has 0 fully saturated rings. The van der Waals surface area contributed by atoms with E-state index in [1.807, 2.05) is 24.3 Å². The molecule has 1 atom stereocenters. The summed E-state index contributed by atoms with van der Waals surface area (Å²) in [6.07, 6.45) is 7.98. The van der Waals surface area contributed by atoms with E-state index in [2.05, 4.69) is 9.39 Å². The molecule has 0 amide bonds. The zero-order valence-corrected chi connectivity index (χ0v) is 7.37. The van der Waals surface area contributed by atoms with Crippen LogP contribution >= 0.6 is 21.6 Å². The molecular formula is C6H9N2PS. The molecule has 0 spiro atoms. The molecule has 1 rings (SSSR count). The largest absolute Gasteiger partial charge is 0.376 e. The van der Waals surface area contributed by atoms with Crippen molar-refractivity contribution in [2.45, 2.75) is 6.04 Å². The predicted molar refractivity (Wildman–Crippen MR) is 50.4 cm³/mol. The zero-order valence-electron chi connectivity index (χ0n) is 5.40. The van der Waals surface area contributed by atoms with Gasteiger partial charge in [-0.2, -0.15) is 0 Å². The third-order valence-electron chi connectivity index (χ3n) is 1.30. The van der Waals surface area contributed by atoms with Crippen molar-refractivity contribution in [1.29, 1.82) is 0 Å². The highest BCUT2D eigenvalue weighted by molar-refractivity contribution is 7.80. The van der Waals surface area contributed by atoms with Gasteiger partial charge in [0.1, 0.15) is 0 Å². The Morgan fingerprint density at radius 1 is 1.50 bits per heavy atom. The van der Waals surface area contributed by atoms with E-state index >= 15 is 0 Å². The number of hydrogen-bond donors (Lipinski definition) is 1. The molecule has 10 heavy (non-hydrogen) atoms. The first-order valence-electron chi connectivity index (χ1n) is 2.90. The molecule has 0 radical (unpaired) electrons. The van der Waals surface area contributed by atoms with Gasteiger partial charge < -0.3 is 10.4 Å². The number of allylic oxidation sites excluding steroid dienone is 2. The fourth-order valence-corrected chi connectivity index (χ4v) is 1.07. The Morgan fingerprint density at radius 3 is 2.40 bits per heavy atom. The molecule has 0 aromatic carbocycles. The number of nitrogens with two attached hydrogens (primary N) is 1. The minimum atomic E-state index is 0.225. The van der Waals surface area contributed by atoms with Crippen LogP contribution in [0, 0.1) is 0 Å². The molecule has 0 aliphatic heterocycles. The van der Waals surface area contributed by atoms with Gasteiger partial charge in [0, 0.05) is 0 Å². The Kier molecular flexibility index (Phi) is 2.41. The molecule has 1 unspecified atom stereocenters. The summed E-state index contributed by atoms with van der Waals surface area (Å²) < 4.78 is 1.76. The summed E-state index contributed by atoms with van der Waals surface area (Å²) in [5.41, 5.74) is 5.38.